The summed E-state index contributed by atoms with van der Waals surface area (Å²) in [5.41, 5.74) is 1.49. The van der Waals surface area contributed by atoms with Gasteiger partial charge in [-0.2, -0.15) is 0 Å². The second kappa shape index (κ2) is 6.22. The van der Waals surface area contributed by atoms with Gasteiger partial charge in [0.15, 0.2) is 6.61 Å². The number of carbonyl (C=O) groups is 2. The van der Waals surface area contributed by atoms with Gasteiger partial charge in [-0.05, 0) is 33.3 Å². The lowest BCUT2D eigenvalue weighted by Gasteiger charge is -2.04. The highest BCUT2D eigenvalue weighted by molar-refractivity contribution is 7.12. The maximum absolute atomic E-state index is 12.1. The standard InChI is InChI=1S/C15H17NO4S/c1-5-12-14(9(3)20-16-12)15(18)19-7-13(17)11-6-8(2)21-10(11)4/h6H,5,7H2,1-4H3. The number of Topliss-reactive ketones (excluding diaryl/α,β-unsaturated/α-hetero) is 1. The quantitative estimate of drug-likeness (QED) is 0.626. The van der Waals surface area contributed by atoms with Crippen LogP contribution in [0.2, 0.25) is 0 Å². The summed E-state index contributed by atoms with van der Waals surface area (Å²) in [6.45, 7) is 7.07. The van der Waals surface area contributed by atoms with E-state index in [4.69, 9.17) is 9.26 Å². The predicted molar refractivity (Wildman–Crippen MR) is 79.0 cm³/mol. The Morgan fingerprint density at radius 1 is 1.33 bits per heavy atom. The fourth-order valence-electron chi connectivity index (χ4n) is 2.11. The van der Waals surface area contributed by atoms with Gasteiger partial charge in [-0.15, -0.1) is 11.3 Å². The van der Waals surface area contributed by atoms with Crippen LogP contribution in [0.4, 0.5) is 0 Å². The fraction of sp³-hybridized carbons (Fsp3) is 0.400. The molecule has 2 heterocycles. The monoisotopic (exact) mass is 307 g/mol. The Morgan fingerprint density at radius 3 is 2.62 bits per heavy atom. The van der Waals surface area contributed by atoms with E-state index in [0.29, 0.717) is 29.0 Å². The van der Waals surface area contributed by atoms with Gasteiger partial charge < -0.3 is 9.26 Å². The summed E-state index contributed by atoms with van der Waals surface area (Å²) in [6, 6.07) is 1.82. The summed E-state index contributed by atoms with van der Waals surface area (Å²) < 4.78 is 10.1. The molecule has 0 fully saturated rings. The minimum absolute atomic E-state index is 0.197. The Bertz CT molecular complexity index is 684. The Labute approximate surface area is 126 Å². The first-order valence-electron chi connectivity index (χ1n) is 6.66. The van der Waals surface area contributed by atoms with Crippen LogP contribution in [0, 0.1) is 20.8 Å². The van der Waals surface area contributed by atoms with Crippen molar-refractivity contribution in [3.63, 3.8) is 0 Å². The van der Waals surface area contributed by atoms with E-state index in [1.54, 1.807) is 18.3 Å². The number of rotatable bonds is 5. The zero-order valence-electron chi connectivity index (χ0n) is 12.5. The topological polar surface area (TPSA) is 69.4 Å². The summed E-state index contributed by atoms with van der Waals surface area (Å²) in [7, 11) is 0. The summed E-state index contributed by atoms with van der Waals surface area (Å²) >= 11 is 1.55. The van der Waals surface area contributed by atoms with Crippen LogP contribution in [0.3, 0.4) is 0 Å². The van der Waals surface area contributed by atoms with Crippen LogP contribution >= 0.6 is 11.3 Å². The largest absolute Gasteiger partial charge is 0.454 e. The van der Waals surface area contributed by atoms with Gasteiger partial charge in [-0.25, -0.2) is 4.79 Å². The van der Waals surface area contributed by atoms with Gasteiger partial charge in [0.25, 0.3) is 0 Å². The highest BCUT2D eigenvalue weighted by Crippen LogP contribution is 2.21. The fourth-order valence-corrected chi connectivity index (χ4v) is 3.05. The van der Waals surface area contributed by atoms with Crippen LogP contribution in [0.5, 0.6) is 0 Å². The first kappa shape index (κ1) is 15.4. The third-order valence-electron chi connectivity index (χ3n) is 3.15. The predicted octanol–water partition coefficient (Wildman–Crippen LogP) is 3.26. The van der Waals surface area contributed by atoms with Crippen molar-refractivity contribution < 1.29 is 18.8 Å². The van der Waals surface area contributed by atoms with Crippen molar-refractivity contribution in [2.75, 3.05) is 6.61 Å². The molecule has 0 spiro atoms. The Hall–Kier alpha value is -1.95. The molecule has 0 aromatic carbocycles. The third kappa shape index (κ3) is 3.21. The van der Waals surface area contributed by atoms with Crippen LogP contribution in [-0.4, -0.2) is 23.5 Å². The highest BCUT2D eigenvalue weighted by Gasteiger charge is 2.22. The number of ketones is 1. The van der Waals surface area contributed by atoms with E-state index in [0.717, 1.165) is 9.75 Å². The lowest BCUT2D eigenvalue weighted by molar-refractivity contribution is 0.0472. The number of nitrogens with zero attached hydrogens (tertiary/aromatic N) is 1. The van der Waals surface area contributed by atoms with E-state index in [1.165, 1.54) is 0 Å². The summed E-state index contributed by atoms with van der Waals surface area (Å²) in [5.74, 6) is -0.354. The number of aryl methyl sites for hydroxylation is 4. The van der Waals surface area contributed by atoms with E-state index < -0.39 is 5.97 Å². The average Bonchev–Trinajstić information content (AvgIpc) is 2.98. The van der Waals surface area contributed by atoms with Crippen molar-refractivity contribution in [2.45, 2.75) is 34.1 Å². The summed E-state index contributed by atoms with van der Waals surface area (Å²) in [6.07, 6.45) is 0.568. The van der Waals surface area contributed by atoms with Crippen molar-refractivity contribution in [3.05, 3.63) is 38.4 Å². The Morgan fingerprint density at radius 2 is 2.05 bits per heavy atom. The Kier molecular flexibility index (Phi) is 4.57. The number of esters is 1. The maximum Gasteiger partial charge on any atom is 0.344 e. The van der Waals surface area contributed by atoms with Gasteiger partial charge in [0, 0.05) is 15.3 Å². The zero-order chi connectivity index (χ0) is 15.6. The number of hydrogen-bond acceptors (Lipinski definition) is 6. The molecule has 0 unspecified atom stereocenters. The van der Waals surface area contributed by atoms with Crippen LogP contribution in [0.25, 0.3) is 0 Å². The summed E-state index contributed by atoms with van der Waals surface area (Å²) in [5, 5.41) is 3.80. The molecular weight excluding hydrogens is 290 g/mol. The molecule has 2 aromatic rings. The van der Waals surface area contributed by atoms with E-state index in [1.807, 2.05) is 26.8 Å². The SMILES string of the molecule is CCc1noc(C)c1C(=O)OCC(=O)c1cc(C)sc1C. The summed E-state index contributed by atoms with van der Waals surface area (Å²) in [4.78, 5) is 26.1. The zero-order valence-corrected chi connectivity index (χ0v) is 13.3. The lowest BCUT2D eigenvalue weighted by Crippen LogP contribution is -2.15. The van der Waals surface area contributed by atoms with E-state index >= 15 is 0 Å². The van der Waals surface area contributed by atoms with Crippen molar-refractivity contribution in [1.29, 1.82) is 0 Å². The third-order valence-corrected chi connectivity index (χ3v) is 4.11. The minimum atomic E-state index is -0.566. The number of ether oxygens (including phenoxy) is 1. The molecule has 0 aliphatic heterocycles. The molecule has 0 aliphatic carbocycles. The lowest BCUT2D eigenvalue weighted by atomic mass is 10.1. The first-order valence-corrected chi connectivity index (χ1v) is 7.48. The van der Waals surface area contributed by atoms with Crippen LogP contribution < -0.4 is 0 Å². The van der Waals surface area contributed by atoms with E-state index in [-0.39, 0.29) is 12.4 Å². The molecule has 0 radical (unpaired) electrons. The van der Waals surface area contributed by atoms with Crippen molar-refractivity contribution in [3.8, 4) is 0 Å². The van der Waals surface area contributed by atoms with E-state index in [9.17, 15) is 9.59 Å². The molecule has 0 saturated heterocycles. The molecule has 0 saturated carbocycles. The molecular formula is C15H17NO4S. The van der Waals surface area contributed by atoms with Gasteiger partial charge in [-0.1, -0.05) is 12.1 Å². The van der Waals surface area contributed by atoms with Crippen LogP contribution in [0.1, 0.15) is 48.8 Å². The van der Waals surface area contributed by atoms with Gasteiger partial charge in [0.2, 0.25) is 5.78 Å². The van der Waals surface area contributed by atoms with Crippen LogP contribution in [0.15, 0.2) is 10.6 Å². The normalized spacial score (nSPS) is 10.7. The molecule has 0 amide bonds. The number of hydrogen-bond donors (Lipinski definition) is 0. The maximum atomic E-state index is 12.1. The number of thiophene rings is 1. The molecule has 5 nitrogen and oxygen atoms in total. The molecule has 2 aromatic heterocycles. The first-order chi connectivity index (χ1) is 9.93. The van der Waals surface area contributed by atoms with Gasteiger partial charge in [0.1, 0.15) is 11.3 Å². The minimum Gasteiger partial charge on any atom is -0.454 e. The van der Waals surface area contributed by atoms with Crippen molar-refractivity contribution >= 4 is 23.1 Å². The second-order valence-electron chi connectivity index (χ2n) is 4.74. The highest BCUT2D eigenvalue weighted by atomic mass is 32.1. The molecule has 0 N–H and O–H groups in total. The molecule has 0 aliphatic rings. The van der Waals surface area contributed by atoms with E-state index in [2.05, 4.69) is 5.16 Å². The molecule has 0 bridgehead atoms. The molecule has 112 valence electrons. The van der Waals surface area contributed by atoms with Gasteiger partial charge in [0.05, 0.1) is 5.69 Å². The smallest absolute Gasteiger partial charge is 0.344 e. The molecule has 0 atom stereocenters. The van der Waals surface area contributed by atoms with Crippen molar-refractivity contribution in [1.82, 2.24) is 5.16 Å². The number of carbonyl (C=O) groups excluding carboxylic acids is 2. The second-order valence-corrected chi connectivity index (χ2v) is 6.20. The van der Waals surface area contributed by atoms with Gasteiger partial charge in [-0.3, -0.25) is 4.79 Å². The average molecular weight is 307 g/mol. The van der Waals surface area contributed by atoms with Crippen molar-refractivity contribution in [2.24, 2.45) is 0 Å². The molecule has 6 heteroatoms. The van der Waals surface area contributed by atoms with Crippen LogP contribution in [-0.2, 0) is 11.2 Å². The van der Waals surface area contributed by atoms with Gasteiger partial charge >= 0.3 is 5.97 Å². The molecule has 2 rings (SSSR count). The molecule has 21 heavy (non-hydrogen) atoms. The number of aromatic nitrogens is 1. The Balaban J connectivity index is 2.06.